The Morgan fingerprint density at radius 3 is 2.64 bits per heavy atom. The van der Waals surface area contributed by atoms with Gasteiger partial charge >= 0.3 is 5.97 Å². The zero-order valence-corrected chi connectivity index (χ0v) is 17.3. The van der Waals surface area contributed by atoms with Crippen molar-refractivity contribution in [2.75, 3.05) is 11.9 Å². The van der Waals surface area contributed by atoms with Gasteiger partial charge in [0.15, 0.2) is 11.7 Å². The van der Waals surface area contributed by atoms with E-state index in [1.165, 1.54) is 11.3 Å². The SMILES string of the molecule is Cc1cc(C)c2nc(NC(=O)COC(=O)c3[nH]c(C)c([C@H](C)O)c3C)sc2c1. The molecule has 148 valence electrons. The highest BCUT2D eigenvalue weighted by Crippen LogP contribution is 2.29. The molecule has 1 aromatic carbocycles. The van der Waals surface area contributed by atoms with Crippen LogP contribution in [0.5, 0.6) is 0 Å². The van der Waals surface area contributed by atoms with Gasteiger partial charge in [-0.05, 0) is 57.4 Å². The molecule has 3 rings (SSSR count). The second kappa shape index (κ2) is 7.73. The normalized spacial score (nSPS) is 12.2. The number of hydrogen-bond donors (Lipinski definition) is 3. The van der Waals surface area contributed by atoms with Crippen LogP contribution in [-0.4, -0.2) is 33.6 Å². The van der Waals surface area contributed by atoms with Crippen LogP contribution in [-0.2, 0) is 9.53 Å². The average Bonchev–Trinajstić information content (AvgIpc) is 3.12. The molecule has 8 heteroatoms. The molecule has 0 radical (unpaired) electrons. The predicted molar refractivity (Wildman–Crippen MR) is 109 cm³/mol. The molecule has 0 unspecified atom stereocenters. The molecule has 0 spiro atoms. The van der Waals surface area contributed by atoms with Gasteiger partial charge in [0.1, 0.15) is 5.69 Å². The standard InChI is InChI=1S/C20H23N3O4S/c1-9-6-10(2)17-14(7-9)28-20(23-17)22-15(25)8-27-19(26)18-11(3)16(13(5)24)12(4)21-18/h6-7,13,21,24H,8H2,1-5H3,(H,22,23,25)/t13-/m0/s1. The Morgan fingerprint density at radius 2 is 2.00 bits per heavy atom. The highest BCUT2D eigenvalue weighted by atomic mass is 32.1. The molecule has 3 aromatic rings. The Labute approximate surface area is 166 Å². The number of nitrogens with one attached hydrogen (secondary N) is 2. The number of rotatable bonds is 5. The van der Waals surface area contributed by atoms with Crippen molar-refractivity contribution >= 4 is 38.6 Å². The number of aliphatic hydroxyl groups is 1. The van der Waals surface area contributed by atoms with E-state index in [1.54, 1.807) is 20.8 Å². The quantitative estimate of drug-likeness (QED) is 0.566. The fourth-order valence-corrected chi connectivity index (χ4v) is 4.44. The number of anilines is 1. The number of carbonyl (C=O) groups excluding carboxylic acids is 2. The smallest absolute Gasteiger partial charge is 0.355 e. The number of esters is 1. The topological polar surface area (TPSA) is 104 Å². The summed E-state index contributed by atoms with van der Waals surface area (Å²) in [5.41, 5.74) is 5.26. The molecule has 3 N–H and O–H groups in total. The van der Waals surface area contributed by atoms with Gasteiger partial charge < -0.3 is 14.8 Å². The van der Waals surface area contributed by atoms with Crippen LogP contribution in [0.1, 0.15) is 51.5 Å². The van der Waals surface area contributed by atoms with Gasteiger partial charge in [0.2, 0.25) is 0 Å². The molecule has 0 fully saturated rings. The molecular formula is C20H23N3O4S. The second-order valence-corrected chi connectivity index (χ2v) is 7.94. The lowest BCUT2D eigenvalue weighted by Gasteiger charge is -2.06. The maximum absolute atomic E-state index is 12.3. The number of fused-ring (bicyclic) bond motifs is 1. The number of aromatic amines is 1. The number of aromatic nitrogens is 2. The minimum Gasteiger partial charge on any atom is -0.451 e. The van der Waals surface area contributed by atoms with Crippen LogP contribution in [0.4, 0.5) is 5.13 Å². The van der Waals surface area contributed by atoms with Gasteiger partial charge in [-0.15, -0.1) is 0 Å². The first-order valence-electron chi connectivity index (χ1n) is 8.89. The Balaban J connectivity index is 1.65. The summed E-state index contributed by atoms with van der Waals surface area (Å²) in [6.45, 7) is 8.70. The summed E-state index contributed by atoms with van der Waals surface area (Å²) in [6, 6.07) is 4.06. The number of thiazole rings is 1. The van der Waals surface area contributed by atoms with Crippen molar-refractivity contribution < 1.29 is 19.4 Å². The lowest BCUT2D eigenvalue weighted by atomic mass is 10.1. The summed E-state index contributed by atoms with van der Waals surface area (Å²) in [5, 5.41) is 13.0. The third kappa shape index (κ3) is 3.93. The van der Waals surface area contributed by atoms with E-state index in [0.29, 0.717) is 22.0 Å². The van der Waals surface area contributed by atoms with E-state index in [9.17, 15) is 14.7 Å². The van der Waals surface area contributed by atoms with E-state index >= 15 is 0 Å². The number of aliphatic hydroxyl groups excluding tert-OH is 1. The van der Waals surface area contributed by atoms with E-state index in [0.717, 1.165) is 21.3 Å². The van der Waals surface area contributed by atoms with Crippen LogP contribution < -0.4 is 5.32 Å². The zero-order valence-electron chi connectivity index (χ0n) is 16.5. The first-order valence-corrected chi connectivity index (χ1v) is 9.71. The van der Waals surface area contributed by atoms with Crippen molar-refractivity contribution in [1.29, 1.82) is 0 Å². The van der Waals surface area contributed by atoms with Gasteiger partial charge in [0.05, 0.1) is 16.3 Å². The summed E-state index contributed by atoms with van der Waals surface area (Å²) < 4.78 is 6.11. The second-order valence-electron chi connectivity index (χ2n) is 6.91. The molecule has 1 amide bonds. The van der Waals surface area contributed by atoms with Gasteiger partial charge in [0, 0.05) is 11.3 Å². The Hall–Kier alpha value is -2.71. The molecule has 0 aliphatic heterocycles. The van der Waals surface area contributed by atoms with Crippen LogP contribution in [0, 0.1) is 27.7 Å². The number of ether oxygens (including phenoxy) is 1. The molecule has 0 saturated heterocycles. The Morgan fingerprint density at radius 1 is 1.29 bits per heavy atom. The van der Waals surface area contributed by atoms with Crippen LogP contribution >= 0.6 is 11.3 Å². The van der Waals surface area contributed by atoms with Crippen molar-refractivity contribution in [1.82, 2.24) is 9.97 Å². The maximum Gasteiger partial charge on any atom is 0.355 e. The fraction of sp³-hybridized carbons (Fsp3) is 0.350. The molecule has 0 aliphatic carbocycles. The monoisotopic (exact) mass is 401 g/mol. The van der Waals surface area contributed by atoms with E-state index in [-0.39, 0.29) is 5.69 Å². The Bertz CT molecular complexity index is 1070. The number of hydrogen-bond acceptors (Lipinski definition) is 6. The van der Waals surface area contributed by atoms with Crippen LogP contribution in [0.3, 0.4) is 0 Å². The van der Waals surface area contributed by atoms with E-state index in [2.05, 4.69) is 15.3 Å². The number of amides is 1. The molecule has 2 heterocycles. The minimum atomic E-state index is -0.702. The summed E-state index contributed by atoms with van der Waals surface area (Å²) in [7, 11) is 0. The molecular weight excluding hydrogens is 378 g/mol. The van der Waals surface area contributed by atoms with E-state index < -0.39 is 24.6 Å². The minimum absolute atomic E-state index is 0.243. The first-order chi connectivity index (χ1) is 13.2. The fourth-order valence-electron chi connectivity index (χ4n) is 3.38. The van der Waals surface area contributed by atoms with Crippen molar-refractivity contribution in [2.45, 2.75) is 40.7 Å². The number of carbonyl (C=O) groups is 2. The van der Waals surface area contributed by atoms with Gasteiger partial charge in [-0.3, -0.25) is 10.1 Å². The highest BCUT2D eigenvalue weighted by molar-refractivity contribution is 7.22. The lowest BCUT2D eigenvalue weighted by molar-refractivity contribution is -0.119. The summed E-state index contributed by atoms with van der Waals surface area (Å²) in [4.78, 5) is 31.8. The maximum atomic E-state index is 12.3. The predicted octanol–water partition coefficient (Wildman–Crippen LogP) is 3.71. The third-order valence-electron chi connectivity index (χ3n) is 4.53. The third-order valence-corrected chi connectivity index (χ3v) is 5.45. The molecule has 2 aromatic heterocycles. The molecule has 7 nitrogen and oxygen atoms in total. The first kappa shape index (κ1) is 20.0. The van der Waals surface area contributed by atoms with Crippen LogP contribution in [0.2, 0.25) is 0 Å². The zero-order chi connectivity index (χ0) is 20.6. The number of benzene rings is 1. The van der Waals surface area contributed by atoms with E-state index in [4.69, 9.17) is 4.74 Å². The van der Waals surface area contributed by atoms with Crippen LogP contribution in [0.25, 0.3) is 10.2 Å². The van der Waals surface area contributed by atoms with Crippen molar-refractivity contribution in [3.63, 3.8) is 0 Å². The lowest BCUT2D eigenvalue weighted by Crippen LogP contribution is -2.21. The van der Waals surface area contributed by atoms with Crippen LogP contribution in [0.15, 0.2) is 12.1 Å². The number of nitrogens with zero attached hydrogens (tertiary/aromatic N) is 1. The van der Waals surface area contributed by atoms with Crippen molar-refractivity contribution in [2.24, 2.45) is 0 Å². The molecule has 0 bridgehead atoms. The van der Waals surface area contributed by atoms with Gasteiger partial charge in [-0.2, -0.15) is 0 Å². The number of aryl methyl sites for hydroxylation is 3. The average molecular weight is 401 g/mol. The summed E-state index contributed by atoms with van der Waals surface area (Å²) in [5.74, 6) is -1.10. The largest absolute Gasteiger partial charge is 0.451 e. The highest BCUT2D eigenvalue weighted by Gasteiger charge is 2.21. The van der Waals surface area contributed by atoms with Crippen molar-refractivity contribution in [3.05, 3.63) is 45.8 Å². The van der Waals surface area contributed by atoms with Gasteiger partial charge in [-0.1, -0.05) is 17.4 Å². The summed E-state index contributed by atoms with van der Waals surface area (Å²) in [6.07, 6.45) is -0.702. The molecule has 0 saturated carbocycles. The number of H-pyrrole nitrogens is 1. The summed E-state index contributed by atoms with van der Waals surface area (Å²) >= 11 is 1.38. The van der Waals surface area contributed by atoms with Gasteiger partial charge in [0.25, 0.3) is 5.91 Å². The Kier molecular flexibility index (Phi) is 5.53. The van der Waals surface area contributed by atoms with Gasteiger partial charge in [-0.25, -0.2) is 9.78 Å². The van der Waals surface area contributed by atoms with E-state index in [1.807, 2.05) is 26.0 Å². The molecule has 1 atom stereocenters. The van der Waals surface area contributed by atoms with Crippen molar-refractivity contribution in [3.8, 4) is 0 Å². The molecule has 0 aliphatic rings. The molecule has 28 heavy (non-hydrogen) atoms.